The van der Waals surface area contributed by atoms with Crippen molar-refractivity contribution in [1.29, 1.82) is 0 Å². The third-order valence-electron chi connectivity index (χ3n) is 4.32. The predicted octanol–water partition coefficient (Wildman–Crippen LogP) is 3.02. The van der Waals surface area contributed by atoms with Gasteiger partial charge in [-0.15, -0.1) is 0 Å². The molecule has 1 atom stereocenters. The number of nitrogens with zero attached hydrogens (tertiary/aromatic N) is 2. The first-order valence-electron chi connectivity index (χ1n) is 8.29. The SMILES string of the molecule is CC(C)CN1CC[C@@H](CN(C)C(=O)Cc2ccc(O)c(Cl)c2)C1. The van der Waals surface area contributed by atoms with E-state index >= 15 is 0 Å². The topological polar surface area (TPSA) is 43.8 Å². The molecule has 23 heavy (non-hydrogen) atoms. The van der Waals surface area contributed by atoms with E-state index in [-0.39, 0.29) is 16.7 Å². The minimum atomic E-state index is 0.0485. The maximum Gasteiger partial charge on any atom is 0.226 e. The van der Waals surface area contributed by atoms with Crippen LogP contribution in [-0.4, -0.2) is 54.0 Å². The number of rotatable bonds is 6. The summed E-state index contributed by atoms with van der Waals surface area (Å²) in [6.45, 7) is 8.65. The summed E-state index contributed by atoms with van der Waals surface area (Å²) in [6, 6.07) is 4.93. The summed E-state index contributed by atoms with van der Waals surface area (Å²) >= 11 is 5.89. The molecular weight excluding hydrogens is 312 g/mol. The van der Waals surface area contributed by atoms with Crippen LogP contribution in [0, 0.1) is 11.8 Å². The highest BCUT2D eigenvalue weighted by molar-refractivity contribution is 6.32. The first-order valence-corrected chi connectivity index (χ1v) is 8.66. The van der Waals surface area contributed by atoms with Gasteiger partial charge in [-0.1, -0.05) is 31.5 Å². The predicted molar refractivity (Wildman–Crippen MR) is 93.8 cm³/mol. The van der Waals surface area contributed by atoms with E-state index in [2.05, 4.69) is 18.7 Å². The molecule has 4 nitrogen and oxygen atoms in total. The van der Waals surface area contributed by atoms with Gasteiger partial charge in [0, 0.05) is 26.7 Å². The lowest BCUT2D eigenvalue weighted by Gasteiger charge is -2.22. The quantitative estimate of drug-likeness (QED) is 0.867. The second-order valence-electron chi connectivity index (χ2n) is 7.04. The highest BCUT2D eigenvalue weighted by Gasteiger charge is 2.25. The van der Waals surface area contributed by atoms with Gasteiger partial charge in [-0.2, -0.15) is 0 Å². The minimum absolute atomic E-state index is 0.0485. The van der Waals surface area contributed by atoms with Gasteiger partial charge in [-0.3, -0.25) is 4.79 Å². The Morgan fingerprint density at radius 2 is 2.22 bits per heavy atom. The molecule has 0 spiro atoms. The first kappa shape index (κ1) is 18.1. The van der Waals surface area contributed by atoms with Gasteiger partial charge in [0.1, 0.15) is 5.75 Å². The Hall–Kier alpha value is -1.26. The fourth-order valence-electron chi connectivity index (χ4n) is 3.20. The van der Waals surface area contributed by atoms with E-state index in [1.54, 1.807) is 12.1 Å². The molecule has 1 saturated heterocycles. The summed E-state index contributed by atoms with van der Waals surface area (Å²) < 4.78 is 0. The van der Waals surface area contributed by atoms with E-state index in [9.17, 15) is 9.90 Å². The fraction of sp³-hybridized carbons (Fsp3) is 0.611. The molecule has 1 aromatic carbocycles. The van der Waals surface area contributed by atoms with Gasteiger partial charge < -0.3 is 14.9 Å². The number of phenols is 1. The Labute approximate surface area is 144 Å². The molecule has 1 heterocycles. The molecule has 0 saturated carbocycles. The van der Waals surface area contributed by atoms with Gasteiger partial charge in [0.2, 0.25) is 5.91 Å². The molecule has 0 unspecified atom stereocenters. The molecule has 1 aromatic rings. The van der Waals surface area contributed by atoms with Crippen molar-refractivity contribution in [1.82, 2.24) is 9.80 Å². The molecule has 0 aromatic heterocycles. The van der Waals surface area contributed by atoms with E-state index in [1.807, 2.05) is 11.9 Å². The average molecular weight is 339 g/mol. The van der Waals surface area contributed by atoms with Crippen LogP contribution in [0.3, 0.4) is 0 Å². The Balaban J connectivity index is 1.82. The summed E-state index contributed by atoms with van der Waals surface area (Å²) in [5, 5.41) is 9.72. The van der Waals surface area contributed by atoms with Gasteiger partial charge in [0.15, 0.2) is 0 Å². The van der Waals surface area contributed by atoms with Gasteiger partial charge >= 0.3 is 0 Å². The number of amides is 1. The number of carbonyl (C=O) groups excluding carboxylic acids is 1. The number of hydrogen-bond acceptors (Lipinski definition) is 3. The van der Waals surface area contributed by atoms with E-state index in [4.69, 9.17) is 11.6 Å². The second-order valence-corrected chi connectivity index (χ2v) is 7.45. The van der Waals surface area contributed by atoms with Crippen molar-refractivity contribution in [3.05, 3.63) is 28.8 Å². The molecule has 0 bridgehead atoms. The van der Waals surface area contributed by atoms with Crippen LogP contribution in [0.15, 0.2) is 18.2 Å². The van der Waals surface area contributed by atoms with Crippen LogP contribution in [0.4, 0.5) is 0 Å². The zero-order valence-electron chi connectivity index (χ0n) is 14.3. The zero-order valence-corrected chi connectivity index (χ0v) is 15.0. The molecule has 2 rings (SSSR count). The number of hydrogen-bond donors (Lipinski definition) is 1. The Bertz CT molecular complexity index is 548. The molecular formula is C18H27ClN2O2. The van der Waals surface area contributed by atoms with Crippen molar-refractivity contribution < 1.29 is 9.90 Å². The van der Waals surface area contributed by atoms with Crippen molar-refractivity contribution in [3.8, 4) is 5.75 Å². The summed E-state index contributed by atoms with van der Waals surface area (Å²) in [6.07, 6.45) is 1.48. The average Bonchev–Trinajstić information content (AvgIpc) is 2.89. The molecule has 1 fully saturated rings. The van der Waals surface area contributed by atoms with E-state index in [0.29, 0.717) is 18.3 Å². The molecule has 1 N–H and O–H groups in total. The third kappa shape index (κ3) is 5.40. The molecule has 0 aliphatic carbocycles. The van der Waals surface area contributed by atoms with E-state index in [1.165, 1.54) is 6.07 Å². The molecule has 1 amide bonds. The highest BCUT2D eigenvalue weighted by Crippen LogP contribution is 2.24. The summed E-state index contributed by atoms with van der Waals surface area (Å²) in [7, 11) is 1.87. The van der Waals surface area contributed by atoms with Gasteiger partial charge in [0.25, 0.3) is 0 Å². The standard InChI is InChI=1S/C18H27ClN2O2/c1-13(2)10-21-7-6-15(12-21)11-20(3)18(23)9-14-4-5-17(22)16(19)8-14/h4-5,8,13,15,22H,6-7,9-12H2,1-3H3/t15-/m0/s1. The Kier molecular flexibility index (Phi) is 6.31. The highest BCUT2D eigenvalue weighted by atomic mass is 35.5. The van der Waals surface area contributed by atoms with Gasteiger partial charge in [0.05, 0.1) is 11.4 Å². The normalized spacial score (nSPS) is 18.6. The first-order chi connectivity index (χ1) is 10.8. The largest absolute Gasteiger partial charge is 0.506 e. The number of likely N-dealkylation sites (N-methyl/N-ethyl adjacent to an activating group) is 1. The van der Waals surface area contributed by atoms with E-state index < -0.39 is 0 Å². The van der Waals surface area contributed by atoms with E-state index in [0.717, 1.165) is 38.2 Å². The molecule has 1 aliphatic rings. The Morgan fingerprint density at radius 1 is 1.48 bits per heavy atom. The summed E-state index contributed by atoms with van der Waals surface area (Å²) in [5.74, 6) is 1.39. The van der Waals surface area contributed by atoms with Crippen LogP contribution in [-0.2, 0) is 11.2 Å². The van der Waals surface area contributed by atoms with Crippen molar-refractivity contribution in [2.45, 2.75) is 26.7 Å². The zero-order chi connectivity index (χ0) is 17.0. The van der Waals surface area contributed by atoms with Crippen molar-refractivity contribution in [2.75, 3.05) is 33.2 Å². The molecule has 0 radical (unpaired) electrons. The molecule has 5 heteroatoms. The number of carbonyl (C=O) groups is 1. The minimum Gasteiger partial charge on any atom is -0.506 e. The summed E-state index contributed by atoms with van der Waals surface area (Å²) in [5.41, 5.74) is 0.831. The molecule has 1 aliphatic heterocycles. The van der Waals surface area contributed by atoms with Crippen molar-refractivity contribution >= 4 is 17.5 Å². The number of benzene rings is 1. The third-order valence-corrected chi connectivity index (χ3v) is 4.62. The smallest absolute Gasteiger partial charge is 0.226 e. The summed E-state index contributed by atoms with van der Waals surface area (Å²) in [4.78, 5) is 16.7. The fourth-order valence-corrected chi connectivity index (χ4v) is 3.41. The second kappa shape index (κ2) is 8.02. The van der Waals surface area contributed by atoms with Crippen molar-refractivity contribution in [2.24, 2.45) is 11.8 Å². The maximum absolute atomic E-state index is 12.4. The van der Waals surface area contributed by atoms with Crippen molar-refractivity contribution in [3.63, 3.8) is 0 Å². The van der Waals surface area contributed by atoms with Crippen LogP contribution < -0.4 is 0 Å². The van der Waals surface area contributed by atoms with Crippen LogP contribution >= 0.6 is 11.6 Å². The number of likely N-dealkylation sites (tertiary alicyclic amines) is 1. The number of aromatic hydroxyl groups is 1. The van der Waals surface area contributed by atoms with Crippen LogP contribution in [0.1, 0.15) is 25.8 Å². The molecule has 128 valence electrons. The number of halogens is 1. The van der Waals surface area contributed by atoms with Gasteiger partial charge in [-0.25, -0.2) is 0 Å². The monoisotopic (exact) mass is 338 g/mol. The number of phenolic OH excluding ortho intramolecular Hbond substituents is 1. The van der Waals surface area contributed by atoms with Crippen LogP contribution in [0.2, 0.25) is 5.02 Å². The lowest BCUT2D eigenvalue weighted by atomic mass is 10.1. The Morgan fingerprint density at radius 3 is 2.87 bits per heavy atom. The lowest BCUT2D eigenvalue weighted by molar-refractivity contribution is -0.129. The van der Waals surface area contributed by atoms with Gasteiger partial charge in [-0.05, 0) is 42.5 Å². The van der Waals surface area contributed by atoms with Crippen LogP contribution in [0.5, 0.6) is 5.75 Å². The van der Waals surface area contributed by atoms with Crippen LogP contribution in [0.25, 0.3) is 0 Å². The maximum atomic E-state index is 12.4. The lowest BCUT2D eigenvalue weighted by Crippen LogP contribution is -2.34.